The van der Waals surface area contributed by atoms with Crippen molar-refractivity contribution in [2.75, 3.05) is 0 Å². The molecule has 0 radical (unpaired) electrons. The molecule has 1 aliphatic rings. The number of nitrogens with zero attached hydrogens (tertiary/aromatic N) is 1. The molecule has 1 aromatic rings. The fourth-order valence-electron chi connectivity index (χ4n) is 2.96. The Morgan fingerprint density at radius 2 is 1.86 bits per heavy atom. The van der Waals surface area contributed by atoms with E-state index in [1.54, 1.807) is 4.90 Å². The molecule has 2 rings (SSSR count). The van der Waals surface area contributed by atoms with Crippen molar-refractivity contribution in [1.29, 1.82) is 0 Å². The predicted octanol–water partition coefficient (Wildman–Crippen LogP) is 2.73. The number of carbonyl (C=O) groups is 2. The Kier molecular flexibility index (Phi) is 5.58. The molecular weight excluding hydrogens is 276 g/mol. The molecule has 4 heteroatoms. The SMILES string of the molecule is CCCC1NC(=O)C(CC(C)C)N(Cc2ccccc2)C1=O. The Labute approximate surface area is 132 Å². The van der Waals surface area contributed by atoms with E-state index in [1.165, 1.54) is 0 Å². The van der Waals surface area contributed by atoms with Crippen LogP contribution < -0.4 is 5.32 Å². The van der Waals surface area contributed by atoms with E-state index >= 15 is 0 Å². The monoisotopic (exact) mass is 302 g/mol. The molecule has 0 spiro atoms. The summed E-state index contributed by atoms with van der Waals surface area (Å²) < 4.78 is 0. The zero-order chi connectivity index (χ0) is 16.1. The number of amides is 2. The third-order valence-electron chi connectivity index (χ3n) is 4.04. The summed E-state index contributed by atoms with van der Waals surface area (Å²) in [5, 5.41) is 2.91. The number of carbonyl (C=O) groups excluding carboxylic acids is 2. The molecule has 2 unspecified atom stereocenters. The van der Waals surface area contributed by atoms with E-state index in [0.717, 1.165) is 12.0 Å². The van der Waals surface area contributed by atoms with Crippen molar-refractivity contribution in [3.63, 3.8) is 0 Å². The van der Waals surface area contributed by atoms with Gasteiger partial charge in [-0.15, -0.1) is 0 Å². The zero-order valence-corrected chi connectivity index (χ0v) is 13.7. The summed E-state index contributed by atoms with van der Waals surface area (Å²) in [5.74, 6) is 0.406. The van der Waals surface area contributed by atoms with Crippen LogP contribution in [0, 0.1) is 5.92 Å². The molecule has 0 bridgehead atoms. The van der Waals surface area contributed by atoms with Crippen LogP contribution in [-0.2, 0) is 16.1 Å². The first kappa shape index (κ1) is 16.5. The highest BCUT2D eigenvalue weighted by Gasteiger charge is 2.39. The fraction of sp³-hybridized carbons (Fsp3) is 0.556. The van der Waals surface area contributed by atoms with Gasteiger partial charge < -0.3 is 10.2 Å². The lowest BCUT2D eigenvalue weighted by Crippen LogP contribution is -2.63. The molecule has 0 saturated carbocycles. The van der Waals surface area contributed by atoms with Crippen molar-refractivity contribution in [3.05, 3.63) is 35.9 Å². The number of hydrogen-bond acceptors (Lipinski definition) is 2. The van der Waals surface area contributed by atoms with E-state index in [-0.39, 0.29) is 23.9 Å². The highest BCUT2D eigenvalue weighted by atomic mass is 16.2. The van der Waals surface area contributed by atoms with Gasteiger partial charge in [0.15, 0.2) is 0 Å². The lowest BCUT2D eigenvalue weighted by atomic mass is 9.96. The lowest BCUT2D eigenvalue weighted by Gasteiger charge is -2.39. The molecule has 1 saturated heterocycles. The van der Waals surface area contributed by atoms with E-state index in [4.69, 9.17) is 0 Å². The van der Waals surface area contributed by atoms with Gasteiger partial charge in [0.05, 0.1) is 0 Å². The molecule has 1 aliphatic heterocycles. The second-order valence-electron chi connectivity index (χ2n) is 6.45. The van der Waals surface area contributed by atoms with Crippen molar-refractivity contribution in [2.45, 2.75) is 58.7 Å². The van der Waals surface area contributed by atoms with Gasteiger partial charge in [-0.2, -0.15) is 0 Å². The molecule has 1 fully saturated rings. The smallest absolute Gasteiger partial charge is 0.246 e. The molecule has 0 aliphatic carbocycles. The average Bonchev–Trinajstić information content (AvgIpc) is 2.49. The highest BCUT2D eigenvalue weighted by molar-refractivity contribution is 5.96. The Morgan fingerprint density at radius 3 is 2.45 bits per heavy atom. The molecule has 1 N–H and O–H groups in total. The van der Waals surface area contributed by atoms with Crippen LogP contribution in [0.3, 0.4) is 0 Å². The minimum atomic E-state index is -0.371. The van der Waals surface area contributed by atoms with Gasteiger partial charge in [0.1, 0.15) is 12.1 Å². The predicted molar refractivity (Wildman–Crippen MR) is 87.1 cm³/mol. The van der Waals surface area contributed by atoms with Gasteiger partial charge in [-0.1, -0.05) is 57.5 Å². The summed E-state index contributed by atoms with van der Waals surface area (Å²) in [6.07, 6.45) is 2.28. The van der Waals surface area contributed by atoms with Crippen LogP contribution in [-0.4, -0.2) is 28.8 Å². The largest absolute Gasteiger partial charge is 0.343 e. The van der Waals surface area contributed by atoms with Gasteiger partial charge in [-0.05, 0) is 24.3 Å². The van der Waals surface area contributed by atoms with E-state index in [1.807, 2.05) is 37.3 Å². The molecule has 2 atom stereocenters. The average molecular weight is 302 g/mol. The van der Waals surface area contributed by atoms with Crippen LogP contribution in [0.25, 0.3) is 0 Å². The molecule has 1 aromatic carbocycles. The van der Waals surface area contributed by atoms with Gasteiger partial charge in [-0.3, -0.25) is 9.59 Å². The zero-order valence-electron chi connectivity index (χ0n) is 13.7. The van der Waals surface area contributed by atoms with Gasteiger partial charge in [0.25, 0.3) is 0 Å². The Morgan fingerprint density at radius 1 is 1.18 bits per heavy atom. The lowest BCUT2D eigenvalue weighted by molar-refractivity contribution is -0.150. The molecule has 0 aromatic heterocycles. The Bertz CT molecular complexity index is 513. The molecule has 4 nitrogen and oxygen atoms in total. The first-order valence-corrected chi connectivity index (χ1v) is 8.17. The van der Waals surface area contributed by atoms with Crippen LogP contribution >= 0.6 is 0 Å². The summed E-state index contributed by atoms with van der Waals surface area (Å²) in [4.78, 5) is 27.0. The third-order valence-corrected chi connectivity index (χ3v) is 4.04. The fourth-order valence-corrected chi connectivity index (χ4v) is 2.96. The number of rotatable bonds is 6. The van der Waals surface area contributed by atoms with Crippen LogP contribution in [0.15, 0.2) is 30.3 Å². The first-order chi connectivity index (χ1) is 10.5. The maximum absolute atomic E-state index is 12.8. The topological polar surface area (TPSA) is 49.4 Å². The second-order valence-corrected chi connectivity index (χ2v) is 6.45. The normalized spacial score (nSPS) is 22.1. The van der Waals surface area contributed by atoms with Gasteiger partial charge in [0, 0.05) is 6.54 Å². The van der Waals surface area contributed by atoms with Gasteiger partial charge in [0.2, 0.25) is 11.8 Å². The second kappa shape index (κ2) is 7.43. The van der Waals surface area contributed by atoms with Crippen LogP contribution in [0.4, 0.5) is 0 Å². The number of benzene rings is 1. The van der Waals surface area contributed by atoms with E-state index in [2.05, 4.69) is 19.2 Å². The van der Waals surface area contributed by atoms with Crippen molar-refractivity contribution in [3.8, 4) is 0 Å². The van der Waals surface area contributed by atoms with Crippen molar-refractivity contribution in [1.82, 2.24) is 10.2 Å². The van der Waals surface area contributed by atoms with Crippen LogP contribution in [0.2, 0.25) is 0 Å². The molecule has 22 heavy (non-hydrogen) atoms. The quantitative estimate of drug-likeness (QED) is 0.878. The minimum Gasteiger partial charge on any atom is -0.343 e. The molecule has 2 amide bonds. The van der Waals surface area contributed by atoms with Crippen molar-refractivity contribution < 1.29 is 9.59 Å². The summed E-state index contributed by atoms with van der Waals surface area (Å²) in [7, 11) is 0. The van der Waals surface area contributed by atoms with Crippen LogP contribution in [0.1, 0.15) is 45.6 Å². The summed E-state index contributed by atoms with van der Waals surface area (Å²) in [6.45, 7) is 6.69. The highest BCUT2D eigenvalue weighted by Crippen LogP contribution is 2.21. The van der Waals surface area contributed by atoms with E-state index in [0.29, 0.717) is 25.3 Å². The van der Waals surface area contributed by atoms with Crippen molar-refractivity contribution >= 4 is 11.8 Å². The summed E-state index contributed by atoms with van der Waals surface area (Å²) in [5.41, 5.74) is 1.06. The number of piperazine rings is 1. The molecule has 120 valence electrons. The Balaban J connectivity index is 2.23. The third kappa shape index (κ3) is 3.87. The summed E-state index contributed by atoms with van der Waals surface area (Å²) in [6, 6.07) is 9.16. The van der Waals surface area contributed by atoms with E-state index in [9.17, 15) is 9.59 Å². The maximum atomic E-state index is 12.8. The minimum absolute atomic E-state index is 0.0114. The first-order valence-electron chi connectivity index (χ1n) is 8.17. The standard InChI is InChI=1S/C18H26N2O2/c1-4-8-15-18(22)20(12-14-9-6-5-7-10-14)16(11-13(2)3)17(21)19-15/h5-7,9-10,13,15-16H,4,8,11-12H2,1-3H3,(H,19,21). The molecular formula is C18H26N2O2. The number of hydrogen-bond donors (Lipinski definition) is 1. The Hall–Kier alpha value is -1.84. The maximum Gasteiger partial charge on any atom is 0.246 e. The number of nitrogens with one attached hydrogen (secondary N) is 1. The van der Waals surface area contributed by atoms with Crippen molar-refractivity contribution in [2.24, 2.45) is 5.92 Å². The van der Waals surface area contributed by atoms with E-state index < -0.39 is 0 Å². The molecule has 1 heterocycles. The summed E-state index contributed by atoms with van der Waals surface area (Å²) >= 11 is 0. The van der Waals surface area contributed by atoms with Gasteiger partial charge >= 0.3 is 0 Å². The van der Waals surface area contributed by atoms with Crippen LogP contribution in [0.5, 0.6) is 0 Å². The van der Waals surface area contributed by atoms with Gasteiger partial charge in [-0.25, -0.2) is 0 Å².